The Labute approximate surface area is 128 Å². The first-order valence-corrected chi connectivity index (χ1v) is 9.17. The zero-order chi connectivity index (χ0) is 15.6. The highest BCUT2D eigenvalue weighted by molar-refractivity contribution is 7.89. The first kappa shape index (κ1) is 16.3. The van der Waals surface area contributed by atoms with Crippen LogP contribution in [-0.2, 0) is 10.0 Å². The van der Waals surface area contributed by atoms with Crippen LogP contribution in [0.25, 0.3) is 0 Å². The van der Waals surface area contributed by atoms with Crippen LogP contribution in [-0.4, -0.2) is 25.8 Å². The SMILES string of the molecule is CCC1CCCN(S(=O)(=O)c2cc(N)cc(C)c2C)CC1. The Bertz CT molecular complexity index is 611. The number of benzene rings is 1. The van der Waals surface area contributed by atoms with E-state index < -0.39 is 10.0 Å². The monoisotopic (exact) mass is 310 g/mol. The molecule has 1 aromatic carbocycles. The van der Waals surface area contributed by atoms with Crippen molar-refractivity contribution in [1.29, 1.82) is 0 Å². The van der Waals surface area contributed by atoms with Crippen molar-refractivity contribution >= 4 is 15.7 Å². The molecule has 0 aliphatic carbocycles. The number of nitrogens with two attached hydrogens (primary N) is 1. The molecule has 1 aromatic rings. The molecule has 2 rings (SSSR count). The molecule has 1 fully saturated rings. The molecule has 1 aliphatic heterocycles. The molecule has 1 aliphatic rings. The Kier molecular flexibility index (Phi) is 4.94. The van der Waals surface area contributed by atoms with Gasteiger partial charge in [-0.15, -0.1) is 0 Å². The van der Waals surface area contributed by atoms with Crippen molar-refractivity contribution in [2.75, 3.05) is 18.8 Å². The van der Waals surface area contributed by atoms with E-state index in [1.54, 1.807) is 10.4 Å². The van der Waals surface area contributed by atoms with Gasteiger partial charge in [0, 0.05) is 18.8 Å². The molecule has 1 saturated heterocycles. The van der Waals surface area contributed by atoms with E-state index in [1.165, 1.54) is 0 Å². The molecule has 21 heavy (non-hydrogen) atoms. The Morgan fingerprint density at radius 2 is 1.95 bits per heavy atom. The summed E-state index contributed by atoms with van der Waals surface area (Å²) < 4.78 is 27.5. The molecule has 0 aromatic heterocycles. The predicted molar refractivity (Wildman–Crippen MR) is 86.7 cm³/mol. The molecule has 0 amide bonds. The van der Waals surface area contributed by atoms with Crippen LogP contribution in [0.2, 0.25) is 0 Å². The van der Waals surface area contributed by atoms with Crippen molar-refractivity contribution in [2.24, 2.45) is 5.92 Å². The highest BCUT2D eigenvalue weighted by Crippen LogP contribution is 2.28. The number of hydrogen-bond donors (Lipinski definition) is 1. The topological polar surface area (TPSA) is 63.4 Å². The Balaban J connectivity index is 2.34. The van der Waals surface area contributed by atoms with Gasteiger partial charge < -0.3 is 5.73 Å². The van der Waals surface area contributed by atoms with E-state index in [4.69, 9.17) is 5.73 Å². The standard InChI is InChI=1S/C16H26N2O2S/c1-4-14-6-5-8-18(9-7-14)21(19,20)16-11-15(17)10-12(2)13(16)3/h10-11,14H,4-9,17H2,1-3H3. The summed E-state index contributed by atoms with van der Waals surface area (Å²) in [5, 5.41) is 0. The third-order valence-electron chi connectivity index (χ3n) is 4.64. The first-order chi connectivity index (χ1) is 9.86. The van der Waals surface area contributed by atoms with Gasteiger partial charge >= 0.3 is 0 Å². The Hall–Kier alpha value is -1.07. The fourth-order valence-electron chi connectivity index (χ4n) is 3.05. The Morgan fingerprint density at radius 3 is 2.62 bits per heavy atom. The molecule has 1 heterocycles. The van der Waals surface area contributed by atoms with Crippen molar-refractivity contribution in [3.63, 3.8) is 0 Å². The molecule has 2 N–H and O–H groups in total. The average Bonchev–Trinajstić information content (AvgIpc) is 2.68. The fourth-order valence-corrected chi connectivity index (χ4v) is 4.87. The van der Waals surface area contributed by atoms with E-state index in [0.29, 0.717) is 29.6 Å². The predicted octanol–water partition coefficient (Wildman–Crippen LogP) is 3.09. The second-order valence-corrected chi connectivity index (χ2v) is 7.98. The summed E-state index contributed by atoms with van der Waals surface area (Å²) in [5.41, 5.74) is 8.09. The van der Waals surface area contributed by atoms with Crippen LogP contribution in [0.15, 0.2) is 17.0 Å². The van der Waals surface area contributed by atoms with E-state index >= 15 is 0 Å². The molecule has 5 heteroatoms. The van der Waals surface area contributed by atoms with Crippen LogP contribution in [0.5, 0.6) is 0 Å². The summed E-state index contributed by atoms with van der Waals surface area (Å²) in [6.45, 7) is 7.18. The number of hydrogen-bond acceptors (Lipinski definition) is 3. The van der Waals surface area contributed by atoms with Gasteiger partial charge in [-0.25, -0.2) is 8.42 Å². The number of nitrogens with zero attached hydrogens (tertiary/aromatic N) is 1. The van der Waals surface area contributed by atoms with Crippen molar-refractivity contribution < 1.29 is 8.42 Å². The normalized spacial score (nSPS) is 21.2. The van der Waals surface area contributed by atoms with E-state index in [0.717, 1.165) is 36.8 Å². The zero-order valence-electron chi connectivity index (χ0n) is 13.2. The van der Waals surface area contributed by atoms with Gasteiger partial charge in [0.15, 0.2) is 0 Å². The third kappa shape index (κ3) is 3.40. The Morgan fingerprint density at radius 1 is 1.24 bits per heavy atom. The van der Waals surface area contributed by atoms with E-state index in [9.17, 15) is 8.42 Å². The van der Waals surface area contributed by atoms with Crippen LogP contribution in [0.1, 0.15) is 43.7 Å². The molecule has 4 nitrogen and oxygen atoms in total. The lowest BCUT2D eigenvalue weighted by Crippen LogP contribution is -2.32. The maximum Gasteiger partial charge on any atom is 0.243 e. The largest absolute Gasteiger partial charge is 0.399 e. The summed E-state index contributed by atoms with van der Waals surface area (Å²) in [6.07, 6.45) is 4.15. The lowest BCUT2D eigenvalue weighted by atomic mass is 9.98. The average molecular weight is 310 g/mol. The van der Waals surface area contributed by atoms with Crippen LogP contribution in [0.3, 0.4) is 0 Å². The van der Waals surface area contributed by atoms with Crippen LogP contribution < -0.4 is 5.73 Å². The fraction of sp³-hybridized carbons (Fsp3) is 0.625. The number of rotatable bonds is 3. The van der Waals surface area contributed by atoms with Gasteiger partial charge in [-0.2, -0.15) is 4.31 Å². The molecule has 118 valence electrons. The van der Waals surface area contributed by atoms with Gasteiger partial charge in [0.25, 0.3) is 0 Å². The van der Waals surface area contributed by atoms with E-state index in [2.05, 4.69) is 6.92 Å². The number of sulfonamides is 1. The smallest absolute Gasteiger partial charge is 0.243 e. The van der Waals surface area contributed by atoms with Crippen molar-refractivity contribution in [3.8, 4) is 0 Å². The minimum Gasteiger partial charge on any atom is -0.399 e. The van der Waals surface area contributed by atoms with Gasteiger partial charge in [-0.05, 0) is 62.3 Å². The summed E-state index contributed by atoms with van der Waals surface area (Å²) in [7, 11) is -3.44. The van der Waals surface area contributed by atoms with Crippen molar-refractivity contribution in [1.82, 2.24) is 4.31 Å². The van der Waals surface area contributed by atoms with Crippen molar-refractivity contribution in [2.45, 2.75) is 51.3 Å². The molecule has 1 unspecified atom stereocenters. The quantitative estimate of drug-likeness (QED) is 0.873. The highest BCUT2D eigenvalue weighted by Gasteiger charge is 2.29. The van der Waals surface area contributed by atoms with Gasteiger partial charge in [-0.3, -0.25) is 0 Å². The molecule has 0 saturated carbocycles. The summed E-state index contributed by atoms with van der Waals surface area (Å²) >= 11 is 0. The maximum absolute atomic E-state index is 12.9. The summed E-state index contributed by atoms with van der Waals surface area (Å²) in [4.78, 5) is 0.370. The van der Waals surface area contributed by atoms with E-state index in [1.807, 2.05) is 19.9 Å². The number of anilines is 1. The summed E-state index contributed by atoms with van der Waals surface area (Å²) in [6, 6.07) is 3.42. The molecular formula is C16H26N2O2S. The van der Waals surface area contributed by atoms with Crippen molar-refractivity contribution in [3.05, 3.63) is 23.3 Å². The van der Waals surface area contributed by atoms with E-state index in [-0.39, 0.29) is 0 Å². The zero-order valence-corrected chi connectivity index (χ0v) is 14.0. The first-order valence-electron chi connectivity index (χ1n) is 7.73. The van der Waals surface area contributed by atoms with Gasteiger partial charge in [0.1, 0.15) is 0 Å². The molecule has 1 atom stereocenters. The van der Waals surface area contributed by atoms with Gasteiger partial charge in [-0.1, -0.05) is 13.3 Å². The van der Waals surface area contributed by atoms with Crippen LogP contribution in [0.4, 0.5) is 5.69 Å². The van der Waals surface area contributed by atoms with Gasteiger partial charge in [0.05, 0.1) is 4.90 Å². The summed E-state index contributed by atoms with van der Waals surface area (Å²) in [5.74, 6) is 0.647. The molecular weight excluding hydrogens is 284 g/mol. The maximum atomic E-state index is 12.9. The number of aryl methyl sites for hydroxylation is 1. The molecule has 0 radical (unpaired) electrons. The third-order valence-corrected chi connectivity index (χ3v) is 6.67. The minimum absolute atomic E-state index is 0.370. The lowest BCUT2D eigenvalue weighted by Gasteiger charge is -2.22. The minimum atomic E-state index is -3.44. The molecule has 0 spiro atoms. The molecule has 0 bridgehead atoms. The highest BCUT2D eigenvalue weighted by atomic mass is 32.2. The van der Waals surface area contributed by atoms with Gasteiger partial charge in [0.2, 0.25) is 10.0 Å². The lowest BCUT2D eigenvalue weighted by molar-refractivity contribution is 0.407. The number of nitrogen functional groups attached to an aromatic ring is 1. The second-order valence-electron chi connectivity index (χ2n) is 6.07. The van der Waals surface area contributed by atoms with Crippen LogP contribution >= 0.6 is 0 Å². The second kappa shape index (κ2) is 6.36. The van der Waals surface area contributed by atoms with Crippen LogP contribution in [0, 0.1) is 19.8 Å².